The maximum Gasteiger partial charge on any atom is 0.335 e. The molecule has 5 rings (SSSR count). The van der Waals surface area contributed by atoms with Crippen LogP contribution in [0.15, 0.2) is 54.6 Å². The van der Waals surface area contributed by atoms with Gasteiger partial charge in [-0.1, -0.05) is 26.0 Å². The molecule has 1 aliphatic rings. The molecule has 0 bridgehead atoms. The highest BCUT2D eigenvalue weighted by Gasteiger charge is 2.44. The average molecular weight is 462 g/mol. The van der Waals surface area contributed by atoms with E-state index in [1.807, 2.05) is 4.57 Å². The average Bonchev–Trinajstić information content (AvgIpc) is 3.10. The standard InChI is InChI=1S/C28H25F2NO3/c1-15-13-28(3,14-15)26-24(17-4-6-18(7-5-17)27(33)34)25-22(11-19(29)12-23(25)32)31(26)20-8-9-21(30)16(2)10-20/h4-12,15,32H,13-14H2,1-3H3,(H,33,34). The highest BCUT2D eigenvalue weighted by Crippen LogP contribution is 2.54. The Hall–Kier alpha value is -3.67. The van der Waals surface area contributed by atoms with Gasteiger partial charge in [0, 0.05) is 28.4 Å². The van der Waals surface area contributed by atoms with Gasteiger partial charge in [-0.15, -0.1) is 0 Å². The van der Waals surface area contributed by atoms with E-state index in [4.69, 9.17) is 0 Å². The molecule has 1 heterocycles. The number of hydrogen-bond acceptors (Lipinski definition) is 2. The molecule has 0 radical (unpaired) electrons. The molecule has 174 valence electrons. The van der Waals surface area contributed by atoms with E-state index in [1.165, 1.54) is 24.3 Å². The van der Waals surface area contributed by atoms with Gasteiger partial charge in [-0.05, 0) is 73.2 Å². The molecule has 0 spiro atoms. The second kappa shape index (κ2) is 7.69. The van der Waals surface area contributed by atoms with E-state index in [0.29, 0.717) is 28.1 Å². The highest BCUT2D eigenvalue weighted by atomic mass is 19.1. The minimum Gasteiger partial charge on any atom is -0.507 e. The first-order valence-corrected chi connectivity index (χ1v) is 11.3. The molecule has 4 nitrogen and oxygen atoms in total. The summed E-state index contributed by atoms with van der Waals surface area (Å²) >= 11 is 0. The molecule has 0 aliphatic heterocycles. The number of aromatic nitrogens is 1. The van der Waals surface area contributed by atoms with Gasteiger partial charge in [0.2, 0.25) is 0 Å². The number of carboxylic acid groups (broad SMARTS) is 1. The van der Waals surface area contributed by atoms with Gasteiger partial charge in [-0.3, -0.25) is 0 Å². The molecule has 0 saturated heterocycles. The number of carboxylic acids is 1. The zero-order valence-electron chi connectivity index (χ0n) is 19.2. The van der Waals surface area contributed by atoms with Gasteiger partial charge < -0.3 is 14.8 Å². The van der Waals surface area contributed by atoms with Gasteiger partial charge in [0.1, 0.15) is 17.4 Å². The Morgan fingerprint density at radius 1 is 1.06 bits per heavy atom. The lowest BCUT2D eigenvalue weighted by molar-refractivity contribution is 0.0697. The topological polar surface area (TPSA) is 62.5 Å². The lowest BCUT2D eigenvalue weighted by Crippen LogP contribution is -2.39. The predicted octanol–water partition coefficient (Wildman–Crippen LogP) is 6.98. The van der Waals surface area contributed by atoms with Crippen LogP contribution in [0.25, 0.3) is 27.7 Å². The third-order valence-corrected chi connectivity index (χ3v) is 7.00. The number of hydrogen-bond donors (Lipinski definition) is 2. The maximum atomic E-state index is 14.6. The summed E-state index contributed by atoms with van der Waals surface area (Å²) in [5.41, 5.74) is 3.87. The van der Waals surface area contributed by atoms with E-state index in [1.54, 1.807) is 31.2 Å². The van der Waals surface area contributed by atoms with Crippen molar-refractivity contribution in [3.8, 4) is 22.6 Å². The molecule has 3 aromatic carbocycles. The van der Waals surface area contributed by atoms with Crippen LogP contribution in [0, 0.1) is 24.5 Å². The molecule has 0 amide bonds. The van der Waals surface area contributed by atoms with Crippen LogP contribution >= 0.6 is 0 Å². The van der Waals surface area contributed by atoms with Crippen molar-refractivity contribution in [1.29, 1.82) is 0 Å². The van der Waals surface area contributed by atoms with Crippen molar-refractivity contribution >= 4 is 16.9 Å². The molecule has 0 atom stereocenters. The van der Waals surface area contributed by atoms with E-state index in [9.17, 15) is 23.8 Å². The number of rotatable bonds is 4. The molecule has 0 unspecified atom stereocenters. The number of fused-ring (bicyclic) bond motifs is 1. The number of benzene rings is 3. The van der Waals surface area contributed by atoms with Crippen LogP contribution in [0.2, 0.25) is 0 Å². The molecule has 1 aromatic heterocycles. The summed E-state index contributed by atoms with van der Waals surface area (Å²) in [6, 6.07) is 13.8. The second-order valence-corrected chi connectivity index (χ2v) is 9.77. The lowest BCUT2D eigenvalue weighted by Gasteiger charge is -2.45. The normalized spacial score (nSPS) is 19.9. The maximum absolute atomic E-state index is 14.6. The summed E-state index contributed by atoms with van der Waals surface area (Å²) < 4.78 is 30.6. The summed E-state index contributed by atoms with van der Waals surface area (Å²) in [7, 11) is 0. The molecular weight excluding hydrogens is 436 g/mol. The Morgan fingerprint density at radius 2 is 1.74 bits per heavy atom. The quantitative estimate of drug-likeness (QED) is 0.345. The minimum absolute atomic E-state index is 0.155. The van der Waals surface area contributed by atoms with E-state index >= 15 is 0 Å². The Balaban J connectivity index is 1.92. The van der Waals surface area contributed by atoms with Crippen LogP contribution in [-0.2, 0) is 5.41 Å². The van der Waals surface area contributed by atoms with Crippen molar-refractivity contribution in [2.45, 2.75) is 39.0 Å². The zero-order chi connectivity index (χ0) is 24.4. The van der Waals surface area contributed by atoms with Gasteiger partial charge in [0.25, 0.3) is 0 Å². The molecule has 1 fully saturated rings. The van der Waals surface area contributed by atoms with Gasteiger partial charge in [-0.2, -0.15) is 0 Å². The molecule has 1 aliphatic carbocycles. The molecule has 6 heteroatoms. The largest absolute Gasteiger partial charge is 0.507 e. The van der Waals surface area contributed by atoms with Crippen LogP contribution in [0.3, 0.4) is 0 Å². The zero-order valence-corrected chi connectivity index (χ0v) is 19.2. The summed E-state index contributed by atoms with van der Waals surface area (Å²) in [6.45, 7) is 6.01. The van der Waals surface area contributed by atoms with Crippen LogP contribution in [0.1, 0.15) is 48.3 Å². The Kier molecular flexibility index (Phi) is 5.01. The first kappa shape index (κ1) is 22.1. The van der Waals surface area contributed by atoms with Crippen LogP contribution < -0.4 is 0 Å². The Morgan fingerprint density at radius 3 is 2.32 bits per heavy atom. The summed E-state index contributed by atoms with van der Waals surface area (Å²) in [5.74, 6) is -1.63. The number of aryl methyl sites for hydroxylation is 1. The third-order valence-electron chi connectivity index (χ3n) is 7.00. The second-order valence-electron chi connectivity index (χ2n) is 9.77. The first-order chi connectivity index (χ1) is 16.1. The molecule has 2 N–H and O–H groups in total. The van der Waals surface area contributed by atoms with Crippen molar-refractivity contribution in [3.05, 3.63) is 83.1 Å². The van der Waals surface area contributed by atoms with Crippen molar-refractivity contribution in [2.24, 2.45) is 5.92 Å². The number of carbonyl (C=O) groups is 1. The number of phenols is 1. The lowest BCUT2D eigenvalue weighted by atomic mass is 9.61. The minimum atomic E-state index is -1.03. The van der Waals surface area contributed by atoms with E-state index in [2.05, 4.69) is 13.8 Å². The summed E-state index contributed by atoms with van der Waals surface area (Å²) in [6.07, 6.45) is 1.79. The van der Waals surface area contributed by atoms with Crippen molar-refractivity contribution in [1.82, 2.24) is 4.57 Å². The monoisotopic (exact) mass is 461 g/mol. The van der Waals surface area contributed by atoms with Crippen molar-refractivity contribution in [3.63, 3.8) is 0 Å². The fraction of sp³-hybridized carbons (Fsp3) is 0.250. The Labute approximate surface area is 196 Å². The van der Waals surface area contributed by atoms with Gasteiger partial charge in [0.05, 0.1) is 16.5 Å². The predicted molar refractivity (Wildman–Crippen MR) is 128 cm³/mol. The van der Waals surface area contributed by atoms with Gasteiger partial charge in [0.15, 0.2) is 0 Å². The number of aromatic carboxylic acids is 1. The van der Waals surface area contributed by atoms with Gasteiger partial charge in [-0.25, -0.2) is 13.6 Å². The fourth-order valence-corrected chi connectivity index (χ4v) is 5.70. The number of halogens is 2. The molecular formula is C28H25F2NO3. The molecule has 34 heavy (non-hydrogen) atoms. The van der Waals surface area contributed by atoms with Crippen LogP contribution in [0.4, 0.5) is 8.78 Å². The SMILES string of the molecule is Cc1cc(-n2c(C3(C)CC(C)C3)c(-c3ccc(C(=O)O)cc3)c3c(O)cc(F)cc32)ccc1F. The Bertz CT molecular complexity index is 1450. The third kappa shape index (κ3) is 3.36. The molecule has 4 aromatic rings. The smallest absolute Gasteiger partial charge is 0.335 e. The fourth-order valence-electron chi connectivity index (χ4n) is 5.70. The number of phenolic OH excluding ortho intramolecular Hbond substituents is 1. The highest BCUT2D eigenvalue weighted by molar-refractivity contribution is 6.04. The van der Waals surface area contributed by atoms with Crippen LogP contribution in [-0.4, -0.2) is 20.7 Å². The summed E-state index contributed by atoms with van der Waals surface area (Å²) in [5, 5.41) is 20.7. The van der Waals surface area contributed by atoms with Crippen molar-refractivity contribution in [2.75, 3.05) is 0 Å². The number of nitrogens with zero attached hydrogens (tertiary/aromatic N) is 1. The van der Waals surface area contributed by atoms with Crippen molar-refractivity contribution < 1.29 is 23.8 Å². The number of aromatic hydroxyl groups is 1. The first-order valence-electron chi connectivity index (χ1n) is 11.3. The molecule has 1 saturated carbocycles. The van der Waals surface area contributed by atoms with E-state index in [-0.39, 0.29) is 22.5 Å². The summed E-state index contributed by atoms with van der Waals surface area (Å²) in [4.78, 5) is 11.4. The van der Waals surface area contributed by atoms with E-state index in [0.717, 1.165) is 35.7 Å². The van der Waals surface area contributed by atoms with Crippen LogP contribution in [0.5, 0.6) is 5.75 Å². The van der Waals surface area contributed by atoms with E-state index < -0.39 is 11.8 Å². The van der Waals surface area contributed by atoms with Gasteiger partial charge >= 0.3 is 5.97 Å².